The molecule has 8 atom stereocenters. The van der Waals surface area contributed by atoms with Crippen molar-refractivity contribution in [1.82, 2.24) is 0 Å². The highest BCUT2D eigenvalue weighted by Crippen LogP contribution is 2.63. The summed E-state index contributed by atoms with van der Waals surface area (Å²) in [5, 5.41) is 0. The van der Waals surface area contributed by atoms with E-state index in [1.807, 2.05) is 6.92 Å². The summed E-state index contributed by atoms with van der Waals surface area (Å²) in [7, 11) is -3.93. The number of hydrogen-bond donors (Lipinski definition) is 0. The molecule has 7 heteroatoms. The van der Waals surface area contributed by atoms with E-state index in [-0.39, 0.29) is 45.9 Å². The molecular formula is C27H36O6S. The molecule has 4 aliphatic carbocycles. The van der Waals surface area contributed by atoms with Crippen molar-refractivity contribution in [3.8, 4) is 0 Å². The van der Waals surface area contributed by atoms with Crippen molar-refractivity contribution in [3.63, 3.8) is 0 Å². The second kappa shape index (κ2) is 8.74. The number of esters is 1. The first kappa shape index (κ1) is 24.0. The van der Waals surface area contributed by atoms with Crippen LogP contribution in [0.3, 0.4) is 0 Å². The number of carbonyl (C=O) groups excluding carboxylic acids is 2. The summed E-state index contributed by atoms with van der Waals surface area (Å²) in [5.74, 6) is 1.35. The molecule has 1 aromatic rings. The van der Waals surface area contributed by atoms with Gasteiger partial charge in [0.05, 0.1) is 11.0 Å². The highest BCUT2D eigenvalue weighted by molar-refractivity contribution is 7.86. The minimum absolute atomic E-state index is 0.0917. The van der Waals surface area contributed by atoms with E-state index in [9.17, 15) is 18.0 Å². The first-order valence-electron chi connectivity index (χ1n) is 12.8. The summed E-state index contributed by atoms with van der Waals surface area (Å²) in [6.07, 6.45) is 5.75. The lowest BCUT2D eigenvalue weighted by Gasteiger charge is -2.57. The first-order chi connectivity index (χ1) is 16.1. The molecule has 0 aliphatic heterocycles. The summed E-state index contributed by atoms with van der Waals surface area (Å²) < 4.78 is 38.5. The van der Waals surface area contributed by atoms with Gasteiger partial charge in [-0.3, -0.25) is 13.8 Å². The van der Waals surface area contributed by atoms with E-state index in [0.717, 1.165) is 37.7 Å². The van der Waals surface area contributed by atoms with Crippen molar-refractivity contribution in [2.45, 2.75) is 89.2 Å². The maximum Gasteiger partial charge on any atom is 0.302 e. The van der Waals surface area contributed by atoms with Crippen LogP contribution in [0.5, 0.6) is 0 Å². The lowest BCUT2D eigenvalue weighted by Crippen LogP contribution is -2.55. The van der Waals surface area contributed by atoms with Gasteiger partial charge in [-0.15, -0.1) is 0 Å². The number of benzene rings is 1. The molecule has 0 amide bonds. The van der Waals surface area contributed by atoms with E-state index in [4.69, 9.17) is 8.92 Å². The molecule has 0 N–H and O–H groups in total. The highest BCUT2D eigenvalue weighted by Gasteiger charge is 2.61. The van der Waals surface area contributed by atoms with Crippen LogP contribution in [-0.2, 0) is 28.6 Å². The molecular weight excluding hydrogens is 452 g/mol. The van der Waals surface area contributed by atoms with Crippen LogP contribution in [-0.4, -0.2) is 32.4 Å². The summed E-state index contributed by atoms with van der Waals surface area (Å²) in [5.41, 5.74) is 0.824. The third-order valence-electron chi connectivity index (χ3n) is 9.53. The average Bonchev–Trinajstić information content (AvgIpc) is 3.09. The number of aryl methyl sites for hydroxylation is 1. The van der Waals surface area contributed by atoms with Crippen molar-refractivity contribution >= 4 is 21.9 Å². The average molecular weight is 489 g/mol. The minimum Gasteiger partial charge on any atom is -0.462 e. The normalized spacial score (nSPS) is 39.6. The smallest absolute Gasteiger partial charge is 0.302 e. The molecule has 5 rings (SSSR count). The first-order valence-corrected chi connectivity index (χ1v) is 14.2. The third-order valence-corrected chi connectivity index (χ3v) is 10.9. The van der Waals surface area contributed by atoms with E-state index >= 15 is 0 Å². The van der Waals surface area contributed by atoms with Gasteiger partial charge in [0.2, 0.25) is 0 Å². The predicted octanol–water partition coefficient (Wildman–Crippen LogP) is 4.83. The molecule has 34 heavy (non-hydrogen) atoms. The molecule has 4 saturated carbocycles. The Morgan fingerprint density at radius 3 is 2.50 bits per heavy atom. The molecule has 0 spiro atoms. The zero-order valence-corrected chi connectivity index (χ0v) is 21.2. The van der Waals surface area contributed by atoms with Gasteiger partial charge in [0.25, 0.3) is 10.1 Å². The SMILES string of the molecule is CC(=O)O[C@H]1CC[C@H]2[C@H]3[C@H](CC[C@]12C)[C@H]1CCC(=O)C[C@@H]1C[C@@H]3OS(=O)(=O)c1ccc(C)cc1. The lowest BCUT2D eigenvalue weighted by atomic mass is 9.49. The molecule has 186 valence electrons. The summed E-state index contributed by atoms with van der Waals surface area (Å²) in [6, 6.07) is 6.78. The lowest BCUT2D eigenvalue weighted by molar-refractivity contribution is -0.162. The van der Waals surface area contributed by atoms with Gasteiger partial charge >= 0.3 is 5.97 Å². The van der Waals surface area contributed by atoms with Crippen LogP contribution >= 0.6 is 0 Å². The fraction of sp³-hybridized carbons (Fsp3) is 0.704. The topological polar surface area (TPSA) is 86.7 Å². The Labute approximate surface area is 202 Å². The summed E-state index contributed by atoms with van der Waals surface area (Å²) in [4.78, 5) is 24.3. The maximum absolute atomic E-state index is 13.3. The van der Waals surface area contributed by atoms with Crippen LogP contribution in [0, 0.1) is 41.9 Å². The highest BCUT2D eigenvalue weighted by atomic mass is 32.2. The second-order valence-corrected chi connectivity index (χ2v) is 13.0. The molecule has 4 fully saturated rings. The van der Waals surface area contributed by atoms with E-state index < -0.39 is 16.2 Å². The Bertz CT molecular complexity index is 1060. The van der Waals surface area contributed by atoms with Crippen molar-refractivity contribution in [2.75, 3.05) is 0 Å². The Morgan fingerprint density at radius 1 is 1.06 bits per heavy atom. The van der Waals surface area contributed by atoms with Gasteiger partial charge in [-0.1, -0.05) is 24.6 Å². The second-order valence-electron chi connectivity index (χ2n) is 11.4. The standard InChI is InChI=1S/C27H36O6S/c1-16-4-7-20(8-5-16)34(30,31)33-24-15-18-14-19(29)6-9-21(18)22-12-13-27(3)23(26(22)24)10-11-25(27)32-17(2)28/h4-5,7-8,18,21-26H,6,9-15H2,1-3H3/t18-,21+,22-,23+,24+,25+,26-,27+/m1/s1. The number of rotatable bonds is 4. The van der Waals surface area contributed by atoms with Gasteiger partial charge in [-0.25, -0.2) is 0 Å². The number of Topliss-reactive ketones (excluding diaryl/α,β-unsaturated/α-hetero) is 1. The summed E-state index contributed by atoms with van der Waals surface area (Å²) in [6.45, 7) is 5.61. The van der Waals surface area contributed by atoms with Gasteiger partial charge in [0, 0.05) is 25.2 Å². The van der Waals surface area contributed by atoms with Gasteiger partial charge < -0.3 is 4.74 Å². The van der Waals surface area contributed by atoms with Crippen LogP contribution in [0.15, 0.2) is 29.2 Å². The molecule has 6 nitrogen and oxygen atoms in total. The van der Waals surface area contributed by atoms with Gasteiger partial charge in [0.15, 0.2) is 0 Å². The Balaban J connectivity index is 1.48. The Morgan fingerprint density at radius 2 is 1.79 bits per heavy atom. The molecule has 0 radical (unpaired) electrons. The van der Waals surface area contributed by atoms with Crippen LogP contribution in [0.4, 0.5) is 0 Å². The van der Waals surface area contributed by atoms with Crippen molar-refractivity contribution in [1.29, 1.82) is 0 Å². The largest absolute Gasteiger partial charge is 0.462 e. The van der Waals surface area contributed by atoms with Gasteiger partial charge in [0.1, 0.15) is 11.9 Å². The fourth-order valence-electron chi connectivity index (χ4n) is 8.02. The fourth-order valence-corrected chi connectivity index (χ4v) is 9.13. The molecule has 0 saturated heterocycles. The van der Waals surface area contributed by atoms with Crippen LogP contribution in [0.25, 0.3) is 0 Å². The monoisotopic (exact) mass is 488 g/mol. The number of hydrogen-bond acceptors (Lipinski definition) is 6. The van der Waals surface area contributed by atoms with Crippen LogP contribution < -0.4 is 0 Å². The number of ether oxygens (including phenoxy) is 1. The zero-order valence-electron chi connectivity index (χ0n) is 20.4. The van der Waals surface area contributed by atoms with Gasteiger partial charge in [-0.05, 0) is 87.2 Å². The molecule has 0 bridgehead atoms. The molecule has 0 unspecified atom stereocenters. The third kappa shape index (κ3) is 4.13. The quantitative estimate of drug-likeness (QED) is 0.446. The maximum atomic E-state index is 13.3. The van der Waals surface area contributed by atoms with Crippen LogP contribution in [0.1, 0.15) is 70.8 Å². The molecule has 4 aliphatic rings. The van der Waals surface area contributed by atoms with Crippen molar-refractivity contribution < 1.29 is 26.9 Å². The van der Waals surface area contributed by atoms with Crippen LogP contribution in [0.2, 0.25) is 0 Å². The van der Waals surface area contributed by atoms with Crippen molar-refractivity contribution in [2.24, 2.45) is 35.0 Å². The Kier molecular flexibility index (Phi) is 6.16. The summed E-state index contributed by atoms with van der Waals surface area (Å²) >= 11 is 0. The zero-order chi connectivity index (χ0) is 24.3. The predicted molar refractivity (Wildman–Crippen MR) is 126 cm³/mol. The molecule has 0 heterocycles. The van der Waals surface area contributed by atoms with E-state index in [2.05, 4.69) is 6.92 Å². The Hall–Kier alpha value is -1.73. The van der Waals surface area contributed by atoms with E-state index in [0.29, 0.717) is 31.1 Å². The number of fused-ring (bicyclic) bond motifs is 5. The number of carbonyl (C=O) groups is 2. The van der Waals surface area contributed by atoms with E-state index in [1.54, 1.807) is 24.3 Å². The minimum atomic E-state index is -3.93. The molecule has 0 aromatic heterocycles. The van der Waals surface area contributed by atoms with Gasteiger partial charge in [-0.2, -0.15) is 8.42 Å². The van der Waals surface area contributed by atoms with E-state index in [1.165, 1.54) is 6.92 Å². The number of ketones is 1. The van der Waals surface area contributed by atoms with Crippen molar-refractivity contribution in [3.05, 3.63) is 29.8 Å². The molecule has 1 aromatic carbocycles.